The van der Waals surface area contributed by atoms with Gasteiger partial charge in [-0.3, -0.25) is 4.79 Å². The van der Waals surface area contributed by atoms with E-state index in [1.807, 2.05) is 0 Å². The van der Waals surface area contributed by atoms with Crippen molar-refractivity contribution in [1.29, 1.82) is 0 Å². The molecule has 0 radical (unpaired) electrons. The minimum Gasteiger partial charge on any atom is -0.480 e. The summed E-state index contributed by atoms with van der Waals surface area (Å²) in [6.07, 6.45) is 0. The van der Waals surface area contributed by atoms with Gasteiger partial charge in [0.1, 0.15) is 11.9 Å². The molecule has 0 saturated heterocycles. The molecule has 90 valence electrons. The molecule has 6 heteroatoms. The van der Waals surface area contributed by atoms with E-state index in [1.165, 1.54) is 13.0 Å². The number of rotatable bonds is 2. The molecule has 1 amide bonds. The summed E-state index contributed by atoms with van der Waals surface area (Å²) in [5, 5.41) is 8.87. The molecule has 1 aromatic rings. The number of amides is 1. The third-order valence-corrected chi connectivity index (χ3v) is 3.43. The van der Waals surface area contributed by atoms with Crippen molar-refractivity contribution in [2.75, 3.05) is 0 Å². The smallest absolute Gasteiger partial charge is 0.326 e. The van der Waals surface area contributed by atoms with Gasteiger partial charge in [0, 0.05) is 6.54 Å². The van der Waals surface area contributed by atoms with Crippen LogP contribution in [-0.2, 0) is 11.3 Å². The van der Waals surface area contributed by atoms with Gasteiger partial charge in [0.15, 0.2) is 0 Å². The quantitative estimate of drug-likeness (QED) is 0.909. The van der Waals surface area contributed by atoms with E-state index >= 15 is 0 Å². The molecule has 1 aromatic carbocycles. The van der Waals surface area contributed by atoms with Crippen molar-refractivity contribution in [3.8, 4) is 0 Å². The standard InChI is InChI=1S/C11H9BrFNO3/c1-5(11(16)17)14-4-6-2-3-7(12)9(13)8(6)10(14)15/h2-3,5H,4H2,1H3,(H,16,17). The number of halogens is 2. The molecule has 17 heavy (non-hydrogen) atoms. The maximum atomic E-state index is 13.7. The Labute approximate surface area is 105 Å². The average Bonchev–Trinajstić information content (AvgIpc) is 2.61. The maximum Gasteiger partial charge on any atom is 0.326 e. The number of fused-ring (bicyclic) bond motifs is 1. The Hall–Kier alpha value is -1.43. The van der Waals surface area contributed by atoms with Gasteiger partial charge in [-0.15, -0.1) is 0 Å². The van der Waals surface area contributed by atoms with Crippen LogP contribution < -0.4 is 0 Å². The van der Waals surface area contributed by atoms with Crippen molar-refractivity contribution in [3.05, 3.63) is 33.5 Å². The van der Waals surface area contributed by atoms with Crippen LogP contribution in [0.1, 0.15) is 22.8 Å². The molecule has 2 rings (SSSR count). The lowest BCUT2D eigenvalue weighted by atomic mass is 10.1. The predicted octanol–water partition coefficient (Wildman–Crippen LogP) is 2.02. The zero-order chi connectivity index (χ0) is 12.7. The van der Waals surface area contributed by atoms with Crippen LogP contribution >= 0.6 is 15.9 Å². The average molecular weight is 302 g/mol. The minimum atomic E-state index is -1.11. The number of hydrogen-bond acceptors (Lipinski definition) is 2. The van der Waals surface area contributed by atoms with Gasteiger partial charge in [-0.05, 0) is 34.5 Å². The molecular weight excluding hydrogens is 293 g/mol. The van der Waals surface area contributed by atoms with Crippen LogP contribution in [0.2, 0.25) is 0 Å². The zero-order valence-electron chi connectivity index (χ0n) is 8.91. The number of hydrogen-bond donors (Lipinski definition) is 1. The van der Waals surface area contributed by atoms with Gasteiger partial charge < -0.3 is 10.0 Å². The number of carboxylic acid groups (broad SMARTS) is 1. The second kappa shape index (κ2) is 4.10. The Morgan fingerprint density at radius 2 is 2.24 bits per heavy atom. The largest absolute Gasteiger partial charge is 0.480 e. The second-order valence-electron chi connectivity index (χ2n) is 3.84. The number of benzene rings is 1. The second-order valence-corrected chi connectivity index (χ2v) is 4.70. The Morgan fingerprint density at radius 3 is 2.82 bits per heavy atom. The molecule has 1 aliphatic heterocycles. The van der Waals surface area contributed by atoms with Crippen LogP contribution in [0.5, 0.6) is 0 Å². The molecule has 1 atom stereocenters. The molecule has 0 bridgehead atoms. The van der Waals surface area contributed by atoms with E-state index in [4.69, 9.17) is 5.11 Å². The van der Waals surface area contributed by atoms with Crippen molar-refractivity contribution in [3.63, 3.8) is 0 Å². The van der Waals surface area contributed by atoms with Gasteiger partial charge in [0.25, 0.3) is 5.91 Å². The number of carbonyl (C=O) groups excluding carboxylic acids is 1. The molecular formula is C11H9BrFNO3. The highest BCUT2D eigenvalue weighted by atomic mass is 79.9. The van der Waals surface area contributed by atoms with Gasteiger partial charge in [-0.25, -0.2) is 9.18 Å². The van der Waals surface area contributed by atoms with Gasteiger partial charge in [-0.2, -0.15) is 0 Å². The van der Waals surface area contributed by atoms with E-state index in [0.29, 0.717) is 5.56 Å². The first kappa shape index (κ1) is 12.0. The molecule has 1 N–H and O–H groups in total. The van der Waals surface area contributed by atoms with Crippen molar-refractivity contribution < 1.29 is 19.1 Å². The Kier molecular flexibility index (Phi) is 2.91. The van der Waals surface area contributed by atoms with Crippen molar-refractivity contribution in [2.24, 2.45) is 0 Å². The molecule has 1 aliphatic rings. The van der Waals surface area contributed by atoms with Gasteiger partial charge in [0.05, 0.1) is 10.0 Å². The lowest BCUT2D eigenvalue weighted by Gasteiger charge is -2.19. The summed E-state index contributed by atoms with van der Waals surface area (Å²) in [5.74, 6) is -2.31. The monoisotopic (exact) mass is 301 g/mol. The normalized spacial score (nSPS) is 15.9. The van der Waals surface area contributed by atoms with Crippen molar-refractivity contribution in [2.45, 2.75) is 19.5 Å². The Morgan fingerprint density at radius 1 is 1.59 bits per heavy atom. The zero-order valence-corrected chi connectivity index (χ0v) is 10.5. The fourth-order valence-corrected chi connectivity index (χ4v) is 2.13. The first-order valence-corrected chi connectivity index (χ1v) is 5.73. The van der Waals surface area contributed by atoms with Crippen molar-refractivity contribution >= 4 is 27.8 Å². The lowest BCUT2D eigenvalue weighted by Crippen LogP contribution is -2.39. The Balaban J connectivity index is 2.43. The summed E-state index contributed by atoms with van der Waals surface area (Å²) >= 11 is 3.00. The minimum absolute atomic E-state index is 0.0347. The van der Waals surface area contributed by atoms with E-state index in [2.05, 4.69) is 15.9 Å². The number of carbonyl (C=O) groups is 2. The SMILES string of the molecule is CC(C(=O)O)N1Cc2ccc(Br)c(F)c2C1=O. The summed E-state index contributed by atoms with van der Waals surface area (Å²) < 4.78 is 14.0. The highest BCUT2D eigenvalue weighted by Gasteiger charge is 2.36. The fraction of sp³-hybridized carbons (Fsp3) is 0.273. The predicted molar refractivity (Wildman–Crippen MR) is 61.1 cm³/mol. The lowest BCUT2D eigenvalue weighted by molar-refractivity contribution is -0.141. The third-order valence-electron chi connectivity index (χ3n) is 2.82. The number of carboxylic acids is 1. The van der Waals surface area contributed by atoms with E-state index in [0.717, 1.165) is 4.90 Å². The number of nitrogens with zero attached hydrogens (tertiary/aromatic N) is 1. The van der Waals surface area contributed by atoms with E-state index in [9.17, 15) is 14.0 Å². The summed E-state index contributed by atoms with van der Waals surface area (Å²) in [7, 11) is 0. The highest BCUT2D eigenvalue weighted by molar-refractivity contribution is 9.10. The van der Waals surface area contributed by atoms with Gasteiger partial charge in [-0.1, -0.05) is 6.07 Å². The molecule has 1 heterocycles. The van der Waals surface area contributed by atoms with Crippen molar-refractivity contribution in [1.82, 2.24) is 4.90 Å². The molecule has 0 aliphatic carbocycles. The summed E-state index contributed by atoms with van der Waals surface area (Å²) in [6, 6.07) is 2.17. The molecule has 0 spiro atoms. The molecule has 1 unspecified atom stereocenters. The van der Waals surface area contributed by atoms with Crippen LogP contribution in [0.4, 0.5) is 4.39 Å². The summed E-state index contributed by atoms with van der Waals surface area (Å²) in [6.45, 7) is 1.53. The van der Waals surface area contributed by atoms with Crippen LogP contribution in [0.3, 0.4) is 0 Å². The molecule has 0 saturated carbocycles. The summed E-state index contributed by atoms with van der Waals surface area (Å²) in [5.41, 5.74) is 0.483. The number of aliphatic carboxylic acids is 1. The van der Waals surface area contributed by atoms with Crippen LogP contribution in [-0.4, -0.2) is 27.9 Å². The Bertz CT molecular complexity index is 518. The topological polar surface area (TPSA) is 57.6 Å². The third kappa shape index (κ3) is 1.82. The molecule has 0 aromatic heterocycles. The van der Waals surface area contributed by atoms with E-state index < -0.39 is 23.7 Å². The van der Waals surface area contributed by atoms with Gasteiger partial charge in [0.2, 0.25) is 0 Å². The first-order chi connectivity index (χ1) is 7.93. The van der Waals surface area contributed by atoms with Crippen LogP contribution in [0, 0.1) is 5.82 Å². The molecule has 4 nitrogen and oxygen atoms in total. The first-order valence-electron chi connectivity index (χ1n) is 4.94. The van der Waals surface area contributed by atoms with Gasteiger partial charge >= 0.3 is 5.97 Å². The van der Waals surface area contributed by atoms with Crippen LogP contribution in [0.15, 0.2) is 16.6 Å². The highest BCUT2D eigenvalue weighted by Crippen LogP contribution is 2.30. The maximum absolute atomic E-state index is 13.7. The molecule has 0 fully saturated rings. The van der Waals surface area contributed by atoms with E-state index in [-0.39, 0.29) is 16.6 Å². The fourth-order valence-electron chi connectivity index (χ4n) is 1.80. The summed E-state index contributed by atoms with van der Waals surface area (Å²) in [4.78, 5) is 23.9. The van der Waals surface area contributed by atoms with Crippen LogP contribution in [0.25, 0.3) is 0 Å². The van der Waals surface area contributed by atoms with E-state index in [1.54, 1.807) is 6.07 Å².